The van der Waals surface area contributed by atoms with Crippen LogP contribution in [-0.4, -0.2) is 26.1 Å². The molecule has 1 aromatic carbocycles. The molecule has 1 aromatic heterocycles. The highest BCUT2D eigenvalue weighted by molar-refractivity contribution is 5.92. The first-order chi connectivity index (χ1) is 10.1. The van der Waals surface area contributed by atoms with Gasteiger partial charge in [-0.15, -0.1) is 5.10 Å². The summed E-state index contributed by atoms with van der Waals surface area (Å²) in [6, 6.07) is 5.36. The van der Waals surface area contributed by atoms with Crippen LogP contribution < -0.4 is 0 Å². The zero-order valence-electron chi connectivity index (χ0n) is 12.5. The minimum absolute atomic E-state index is 0.294. The topological polar surface area (TPSA) is 68.0 Å². The summed E-state index contributed by atoms with van der Waals surface area (Å²) in [5.74, 6) is 0.267. The van der Waals surface area contributed by atoms with E-state index in [0.717, 1.165) is 17.5 Å². The number of aromatic carboxylic acids is 1. The highest BCUT2D eigenvalue weighted by Gasteiger charge is 2.30. The van der Waals surface area contributed by atoms with Crippen molar-refractivity contribution >= 4 is 17.0 Å². The molecule has 1 fully saturated rings. The molecule has 0 saturated heterocycles. The Labute approximate surface area is 124 Å². The van der Waals surface area contributed by atoms with Crippen LogP contribution in [-0.2, 0) is 0 Å². The molecule has 0 amide bonds. The summed E-state index contributed by atoms with van der Waals surface area (Å²) < 4.78 is 1.96. The normalized spacial score (nSPS) is 22.8. The van der Waals surface area contributed by atoms with E-state index in [9.17, 15) is 9.90 Å². The number of carboxylic acid groups (broad SMARTS) is 1. The number of aromatic nitrogens is 3. The van der Waals surface area contributed by atoms with E-state index in [1.165, 1.54) is 19.3 Å². The molecule has 5 nitrogen and oxygen atoms in total. The molecule has 1 saturated carbocycles. The predicted molar refractivity (Wildman–Crippen MR) is 80.3 cm³/mol. The standard InChI is InChI=1S/C16H21N3O2/c1-10(2)12-5-3-4-6-14(12)19-15-9-11(16(20)21)7-8-13(15)17-18-19/h7-10,12,14H,3-6H2,1-2H3,(H,20,21). The lowest BCUT2D eigenvalue weighted by Crippen LogP contribution is -2.27. The third kappa shape index (κ3) is 2.52. The largest absolute Gasteiger partial charge is 0.478 e. The van der Waals surface area contributed by atoms with Gasteiger partial charge in [-0.2, -0.15) is 0 Å². The van der Waals surface area contributed by atoms with Gasteiger partial charge in [0.05, 0.1) is 17.1 Å². The third-order valence-electron chi connectivity index (χ3n) is 4.67. The molecule has 112 valence electrons. The van der Waals surface area contributed by atoms with Crippen LogP contribution in [0.1, 0.15) is 55.9 Å². The van der Waals surface area contributed by atoms with E-state index in [4.69, 9.17) is 0 Å². The number of carbonyl (C=O) groups is 1. The molecule has 0 aliphatic heterocycles. The summed E-state index contributed by atoms with van der Waals surface area (Å²) in [6.45, 7) is 4.51. The monoisotopic (exact) mass is 287 g/mol. The van der Waals surface area contributed by atoms with Gasteiger partial charge in [-0.25, -0.2) is 9.48 Å². The molecule has 1 N–H and O–H groups in total. The summed E-state index contributed by atoms with van der Waals surface area (Å²) in [5, 5.41) is 17.7. The van der Waals surface area contributed by atoms with Crippen molar-refractivity contribution in [3.63, 3.8) is 0 Å². The van der Waals surface area contributed by atoms with Crippen molar-refractivity contribution in [3.8, 4) is 0 Å². The molecule has 2 atom stereocenters. The smallest absolute Gasteiger partial charge is 0.335 e. The molecule has 3 rings (SSSR count). The Kier molecular flexibility index (Phi) is 3.66. The van der Waals surface area contributed by atoms with E-state index in [1.54, 1.807) is 18.2 Å². The van der Waals surface area contributed by atoms with Crippen molar-refractivity contribution in [2.24, 2.45) is 11.8 Å². The highest BCUT2D eigenvalue weighted by atomic mass is 16.4. The maximum atomic E-state index is 11.2. The van der Waals surface area contributed by atoms with Crippen molar-refractivity contribution in [1.29, 1.82) is 0 Å². The first-order valence-electron chi connectivity index (χ1n) is 7.66. The second kappa shape index (κ2) is 5.47. The molecule has 1 aliphatic rings. The quantitative estimate of drug-likeness (QED) is 0.937. The molecule has 0 radical (unpaired) electrons. The summed E-state index contributed by atoms with van der Waals surface area (Å²) in [4.78, 5) is 11.2. The molecule has 1 aliphatic carbocycles. The van der Waals surface area contributed by atoms with Gasteiger partial charge in [-0.1, -0.05) is 31.9 Å². The number of rotatable bonds is 3. The van der Waals surface area contributed by atoms with E-state index in [-0.39, 0.29) is 0 Å². The summed E-state index contributed by atoms with van der Waals surface area (Å²) in [5.41, 5.74) is 1.91. The Morgan fingerprint density at radius 1 is 1.33 bits per heavy atom. The average Bonchev–Trinajstić information content (AvgIpc) is 2.89. The Bertz CT molecular complexity index is 663. The van der Waals surface area contributed by atoms with Crippen LogP contribution in [0, 0.1) is 11.8 Å². The Hall–Kier alpha value is -1.91. The second-order valence-corrected chi connectivity index (χ2v) is 6.30. The zero-order chi connectivity index (χ0) is 15.0. The molecular weight excluding hydrogens is 266 g/mol. The number of nitrogens with zero attached hydrogens (tertiary/aromatic N) is 3. The summed E-state index contributed by atoms with van der Waals surface area (Å²) >= 11 is 0. The number of carboxylic acids is 1. The van der Waals surface area contributed by atoms with Gasteiger partial charge >= 0.3 is 5.97 Å². The Morgan fingerprint density at radius 2 is 2.10 bits per heavy atom. The van der Waals surface area contributed by atoms with Gasteiger partial charge in [0, 0.05) is 0 Å². The molecule has 2 unspecified atom stereocenters. The number of hydrogen-bond donors (Lipinski definition) is 1. The number of benzene rings is 1. The van der Waals surface area contributed by atoms with Crippen molar-refractivity contribution in [2.75, 3.05) is 0 Å². The van der Waals surface area contributed by atoms with Gasteiger partial charge < -0.3 is 5.11 Å². The highest BCUT2D eigenvalue weighted by Crippen LogP contribution is 2.39. The van der Waals surface area contributed by atoms with Crippen LogP contribution in [0.15, 0.2) is 18.2 Å². The van der Waals surface area contributed by atoms with Crippen LogP contribution >= 0.6 is 0 Å². The Morgan fingerprint density at radius 3 is 2.81 bits per heavy atom. The molecule has 21 heavy (non-hydrogen) atoms. The fourth-order valence-corrected chi connectivity index (χ4v) is 3.54. The van der Waals surface area contributed by atoms with Crippen LogP contribution in [0.4, 0.5) is 0 Å². The number of fused-ring (bicyclic) bond motifs is 1. The van der Waals surface area contributed by atoms with E-state index in [1.807, 2.05) is 4.68 Å². The van der Waals surface area contributed by atoms with Gasteiger partial charge in [0.25, 0.3) is 0 Å². The lowest BCUT2D eigenvalue weighted by Gasteiger charge is -2.34. The van der Waals surface area contributed by atoms with Gasteiger partial charge in [0.15, 0.2) is 0 Å². The Balaban J connectivity index is 2.06. The maximum absolute atomic E-state index is 11.2. The zero-order valence-corrected chi connectivity index (χ0v) is 12.5. The number of hydrogen-bond acceptors (Lipinski definition) is 3. The third-order valence-corrected chi connectivity index (χ3v) is 4.67. The fraction of sp³-hybridized carbons (Fsp3) is 0.562. The average molecular weight is 287 g/mol. The minimum Gasteiger partial charge on any atom is -0.478 e. The molecule has 0 spiro atoms. The first-order valence-corrected chi connectivity index (χ1v) is 7.66. The van der Waals surface area contributed by atoms with Crippen molar-refractivity contribution in [3.05, 3.63) is 23.8 Å². The van der Waals surface area contributed by atoms with Gasteiger partial charge in [0.2, 0.25) is 0 Å². The molecule has 2 aromatic rings. The van der Waals surface area contributed by atoms with Crippen molar-refractivity contribution in [2.45, 2.75) is 45.6 Å². The van der Waals surface area contributed by atoms with Gasteiger partial charge in [-0.3, -0.25) is 0 Å². The van der Waals surface area contributed by atoms with Crippen LogP contribution in [0.2, 0.25) is 0 Å². The molecule has 1 heterocycles. The van der Waals surface area contributed by atoms with Crippen molar-refractivity contribution < 1.29 is 9.90 Å². The van der Waals surface area contributed by atoms with Crippen LogP contribution in [0.5, 0.6) is 0 Å². The van der Waals surface area contributed by atoms with Gasteiger partial charge in [0.1, 0.15) is 5.52 Å². The van der Waals surface area contributed by atoms with E-state index < -0.39 is 5.97 Å². The SMILES string of the molecule is CC(C)C1CCCCC1n1nnc2ccc(C(=O)O)cc21. The fourth-order valence-electron chi connectivity index (χ4n) is 3.54. The predicted octanol–water partition coefficient (Wildman–Crippen LogP) is 3.52. The first kappa shape index (κ1) is 14.0. The molecule has 5 heteroatoms. The van der Waals surface area contributed by atoms with E-state index in [2.05, 4.69) is 24.2 Å². The maximum Gasteiger partial charge on any atom is 0.335 e. The van der Waals surface area contributed by atoms with Crippen LogP contribution in [0.25, 0.3) is 11.0 Å². The molecule has 0 bridgehead atoms. The van der Waals surface area contributed by atoms with Gasteiger partial charge in [-0.05, 0) is 42.9 Å². The lowest BCUT2D eigenvalue weighted by molar-refractivity contribution is 0.0697. The van der Waals surface area contributed by atoms with Crippen LogP contribution in [0.3, 0.4) is 0 Å². The summed E-state index contributed by atoms with van der Waals surface area (Å²) in [7, 11) is 0. The summed E-state index contributed by atoms with van der Waals surface area (Å²) in [6.07, 6.45) is 4.78. The minimum atomic E-state index is -0.909. The lowest BCUT2D eigenvalue weighted by atomic mass is 9.78. The van der Waals surface area contributed by atoms with Crippen molar-refractivity contribution in [1.82, 2.24) is 15.0 Å². The van der Waals surface area contributed by atoms with E-state index >= 15 is 0 Å². The van der Waals surface area contributed by atoms with E-state index in [0.29, 0.717) is 23.4 Å². The molecular formula is C16H21N3O2. The second-order valence-electron chi connectivity index (χ2n) is 6.30.